The summed E-state index contributed by atoms with van der Waals surface area (Å²) in [5.41, 5.74) is 4.26. The molecule has 1 amide bonds. The summed E-state index contributed by atoms with van der Waals surface area (Å²) in [6, 6.07) is 17.0. The van der Waals surface area contributed by atoms with Crippen LogP contribution in [0.3, 0.4) is 0 Å². The summed E-state index contributed by atoms with van der Waals surface area (Å²) in [6.45, 7) is 2.09. The second kappa shape index (κ2) is 8.02. The molecule has 0 saturated carbocycles. The van der Waals surface area contributed by atoms with Gasteiger partial charge in [-0.25, -0.2) is 5.48 Å². The Morgan fingerprint density at radius 3 is 2.55 bits per heavy atom. The quantitative estimate of drug-likeness (QED) is 0.515. The summed E-state index contributed by atoms with van der Waals surface area (Å²) in [5.74, 6) is 5.20. The van der Waals surface area contributed by atoms with E-state index in [0.29, 0.717) is 0 Å². The van der Waals surface area contributed by atoms with E-state index in [-0.39, 0.29) is 0 Å². The van der Waals surface area contributed by atoms with Crippen LogP contribution in [0.1, 0.15) is 42.4 Å². The largest absolute Gasteiger partial charge is 0.289 e. The fraction of sp³-hybridized carbons (Fsp3) is 0.211. The second-order valence-corrected chi connectivity index (χ2v) is 5.00. The Labute approximate surface area is 131 Å². The van der Waals surface area contributed by atoms with Crippen LogP contribution in [0.2, 0.25) is 0 Å². The number of amides is 1. The van der Waals surface area contributed by atoms with Crippen molar-refractivity contribution in [1.29, 1.82) is 0 Å². The maximum atomic E-state index is 12.1. The van der Waals surface area contributed by atoms with Crippen molar-refractivity contribution in [2.75, 3.05) is 0 Å². The van der Waals surface area contributed by atoms with Gasteiger partial charge in [-0.2, -0.15) is 0 Å². The van der Waals surface area contributed by atoms with Crippen LogP contribution in [0.5, 0.6) is 0 Å². The van der Waals surface area contributed by atoms with Gasteiger partial charge in [0.1, 0.15) is 0 Å². The molecule has 2 aromatic rings. The van der Waals surface area contributed by atoms with Gasteiger partial charge in [0.05, 0.1) is 5.92 Å². The van der Waals surface area contributed by atoms with E-state index in [1.54, 1.807) is 5.48 Å². The van der Waals surface area contributed by atoms with Crippen LogP contribution in [0.25, 0.3) is 0 Å². The normalized spacial score (nSPS) is 11.2. The summed E-state index contributed by atoms with van der Waals surface area (Å²) in [4.78, 5) is 12.1. The van der Waals surface area contributed by atoms with Crippen molar-refractivity contribution in [2.24, 2.45) is 0 Å². The first kappa shape index (κ1) is 15.8. The smallest absolute Gasteiger partial charge is 0.255 e. The molecule has 0 aliphatic carbocycles. The molecule has 112 valence electrons. The third-order valence-electron chi connectivity index (χ3n) is 3.33. The van der Waals surface area contributed by atoms with Gasteiger partial charge in [-0.05, 0) is 29.7 Å². The molecule has 2 aromatic carbocycles. The molecule has 0 aliphatic rings. The SMILES string of the molecule is CCCC#Cc1cccc(C(C(=O)NO)c2ccccc2)c1. The lowest BCUT2D eigenvalue weighted by Gasteiger charge is -2.16. The van der Waals surface area contributed by atoms with Crippen molar-refractivity contribution in [3.63, 3.8) is 0 Å². The molecule has 3 heteroatoms. The molecule has 2 N–H and O–H groups in total. The summed E-state index contributed by atoms with van der Waals surface area (Å²) >= 11 is 0. The van der Waals surface area contributed by atoms with E-state index in [9.17, 15) is 4.79 Å². The highest BCUT2D eigenvalue weighted by Crippen LogP contribution is 2.25. The fourth-order valence-corrected chi connectivity index (χ4v) is 2.29. The van der Waals surface area contributed by atoms with E-state index in [2.05, 4.69) is 18.8 Å². The first-order valence-electron chi connectivity index (χ1n) is 7.34. The van der Waals surface area contributed by atoms with E-state index in [0.717, 1.165) is 29.5 Å². The van der Waals surface area contributed by atoms with E-state index in [4.69, 9.17) is 5.21 Å². The Kier molecular flexibility index (Phi) is 5.76. The molecule has 0 heterocycles. The molecule has 0 saturated heterocycles. The van der Waals surface area contributed by atoms with Gasteiger partial charge in [0, 0.05) is 12.0 Å². The van der Waals surface area contributed by atoms with Crippen molar-refractivity contribution in [2.45, 2.75) is 25.7 Å². The van der Waals surface area contributed by atoms with Gasteiger partial charge in [0.25, 0.3) is 5.91 Å². The van der Waals surface area contributed by atoms with Crippen molar-refractivity contribution in [3.05, 3.63) is 71.3 Å². The van der Waals surface area contributed by atoms with Gasteiger partial charge in [-0.15, -0.1) is 0 Å². The number of carbonyl (C=O) groups excluding carboxylic acids is 1. The summed E-state index contributed by atoms with van der Waals surface area (Å²) in [6.07, 6.45) is 1.87. The fourth-order valence-electron chi connectivity index (χ4n) is 2.29. The molecular formula is C19H19NO2. The second-order valence-electron chi connectivity index (χ2n) is 5.00. The van der Waals surface area contributed by atoms with Crippen LogP contribution in [0.15, 0.2) is 54.6 Å². The zero-order valence-electron chi connectivity index (χ0n) is 12.5. The monoisotopic (exact) mass is 293 g/mol. The number of benzene rings is 2. The maximum Gasteiger partial charge on any atom is 0.255 e. The topological polar surface area (TPSA) is 49.3 Å². The Hall–Kier alpha value is -2.57. The minimum Gasteiger partial charge on any atom is -0.289 e. The molecule has 2 rings (SSSR count). The Morgan fingerprint density at radius 2 is 1.86 bits per heavy atom. The highest BCUT2D eigenvalue weighted by atomic mass is 16.5. The van der Waals surface area contributed by atoms with Crippen LogP contribution < -0.4 is 5.48 Å². The van der Waals surface area contributed by atoms with Crippen LogP contribution >= 0.6 is 0 Å². The molecule has 0 radical (unpaired) electrons. The summed E-state index contributed by atoms with van der Waals surface area (Å²) in [5, 5.41) is 9.04. The van der Waals surface area contributed by atoms with Gasteiger partial charge in [-0.1, -0.05) is 61.2 Å². The molecule has 0 aliphatic heterocycles. The molecule has 1 unspecified atom stereocenters. The minimum absolute atomic E-state index is 0.454. The van der Waals surface area contributed by atoms with E-state index < -0.39 is 11.8 Å². The molecular weight excluding hydrogens is 274 g/mol. The lowest BCUT2D eigenvalue weighted by atomic mass is 9.90. The average Bonchev–Trinajstić information content (AvgIpc) is 2.56. The van der Waals surface area contributed by atoms with Crippen molar-refractivity contribution < 1.29 is 10.0 Å². The Morgan fingerprint density at radius 1 is 1.14 bits per heavy atom. The number of unbranched alkanes of at least 4 members (excludes halogenated alkanes) is 1. The minimum atomic E-state index is -0.556. The van der Waals surface area contributed by atoms with Gasteiger partial charge in [0.15, 0.2) is 0 Å². The number of nitrogens with one attached hydrogen (secondary N) is 1. The van der Waals surface area contributed by atoms with E-state index in [1.165, 1.54) is 0 Å². The van der Waals surface area contributed by atoms with Crippen molar-refractivity contribution in [1.82, 2.24) is 5.48 Å². The first-order valence-corrected chi connectivity index (χ1v) is 7.34. The Balaban J connectivity index is 2.39. The molecule has 0 aromatic heterocycles. The van der Waals surface area contributed by atoms with Gasteiger partial charge in [0.2, 0.25) is 0 Å². The van der Waals surface area contributed by atoms with Crippen LogP contribution in [-0.2, 0) is 4.79 Å². The highest BCUT2D eigenvalue weighted by molar-refractivity contribution is 5.86. The number of rotatable bonds is 4. The number of hydroxylamine groups is 1. The zero-order valence-corrected chi connectivity index (χ0v) is 12.5. The lowest BCUT2D eigenvalue weighted by Crippen LogP contribution is -2.27. The van der Waals surface area contributed by atoms with E-state index >= 15 is 0 Å². The summed E-state index contributed by atoms with van der Waals surface area (Å²) < 4.78 is 0. The van der Waals surface area contributed by atoms with E-state index in [1.807, 2.05) is 54.6 Å². The van der Waals surface area contributed by atoms with Gasteiger partial charge < -0.3 is 0 Å². The molecule has 22 heavy (non-hydrogen) atoms. The molecule has 0 fully saturated rings. The molecule has 3 nitrogen and oxygen atoms in total. The van der Waals surface area contributed by atoms with Gasteiger partial charge >= 0.3 is 0 Å². The van der Waals surface area contributed by atoms with Crippen LogP contribution in [0.4, 0.5) is 0 Å². The number of hydrogen-bond acceptors (Lipinski definition) is 2. The third-order valence-corrected chi connectivity index (χ3v) is 3.33. The average molecular weight is 293 g/mol. The maximum absolute atomic E-state index is 12.1. The lowest BCUT2D eigenvalue weighted by molar-refractivity contribution is -0.129. The molecule has 1 atom stereocenters. The Bertz CT molecular complexity index is 683. The molecule has 0 spiro atoms. The third kappa shape index (κ3) is 3.97. The molecule has 0 bridgehead atoms. The van der Waals surface area contributed by atoms with Crippen molar-refractivity contribution in [3.8, 4) is 11.8 Å². The number of hydrogen-bond donors (Lipinski definition) is 2. The first-order chi connectivity index (χ1) is 10.8. The van der Waals surface area contributed by atoms with Crippen LogP contribution in [-0.4, -0.2) is 11.1 Å². The highest BCUT2D eigenvalue weighted by Gasteiger charge is 2.22. The summed E-state index contributed by atoms with van der Waals surface area (Å²) in [7, 11) is 0. The standard InChI is InChI=1S/C19H19NO2/c1-2-3-5-9-15-10-8-13-17(14-15)18(19(21)20-22)16-11-6-4-7-12-16/h4,6-8,10-14,18,22H,2-3H2,1H3,(H,20,21). The van der Waals surface area contributed by atoms with Crippen LogP contribution in [0, 0.1) is 11.8 Å². The predicted molar refractivity (Wildman–Crippen MR) is 86.4 cm³/mol. The predicted octanol–water partition coefficient (Wildman–Crippen LogP) is 3.48. The number of carbonyl (C=O) groups is 1. The zero-order chi connectivity index (χ0) is 15.8. The van der Waals surface area contributed by atoms with Gasteiger partial charge in [-0.3, -0.25) is 10.0 Å². The van der Waals surface area contributed by atoms with Crippen molar-refractivity contribution >= 4 is 5.91 Å².